The maximum Gasteiger partial charge on any atom is 0.320 e. The van der Waals surface area contributed by atoms with Crippen LogP contribution in [0.4, 0.5) is 4.79 Å². The van der Waals surface area contributed by atoms with Gasteiger partial charge in [0.1, 0.15) is 0 Å². The Labute approximate surface area is 92.4 Å². The molecule has 1 saturated heterocycles. The molecule has 0 N–H and O–H groups in total. The maximum absolute atomic E-state index is 12.2. The quantitative estimate of drug-likeness (QED) is 0.702. The molecule has 1 aliphatic carbocycles. The topological polar surface area (TPSA) is 23.6 Å². The van der Waals surface area contributed by atoms with Crippen molar-refractivity contribution in [2.24, 2.45) is 0 Å². The highest BCUT2D eigenvalue weighted by molar-refractivity contribution is 5.75. The molecule has 2 rings (SSSR count). The first-order chi connectivity index (χ1) is 7.33. The Morgan fingerprint density at radius 2 is 1.93 bits per heavy atom. The van der Waals surface area contributed by atoms with Crippen molar-refractivity contribution in [1.29, 1.82) is 0 Å². The highest BCUT2D eigenvalue weighted by Gasteiger charge is 2.34. The fourth-order valence-corrected chi connectivity index (χ4v) is 2.33. The van der Waals surface area contributed by atoms with Crippen LogP contribution >= 0.6 is 0 Å². The normalized spacial score (nSPS) is 21.5. The van der Waals surface area contributed by atoms with Gasteiger partial charge in [0.15, 0.2) is 0 Å². The number of piperidine rings is 1. The largest absolute Gasteiger partial charge is 0.325 e. The summed E-state index contributed by atoms with van der Waals surface area (Å²) in [7, 11) is 0. The van der Waals surface area contributed by atoms with E-state index in [1.165, 1.54) is 32.1 Å². The van der Waals surface area contributed by atoms with Crippen LogP contribution < -0.4 is 0 Å². The van der Waals surface area contributed by atoms with Gasteiger partial charge in [0, 0.05) is 25.7 Å². The Kier molecular flexibility index (Phi) is 3.49. The van der Waals surface area contributed by atoms with E-state index in [2.05, 4.69) is 16.7 Å². The zero-order valence-corrected chi connectivity index (χ0v) is 9.74. The van der Waals surface area contributed by atoms with Crippen molar-refractivity contribution in [1.82, 2.24) is 9.80 Å². The summed E-state index contributed by atoms with van der Waals surface area (Å²) in [5.41, 5.74) is 0. The monoisotopic (exact) mass is 210 g/mol. The summed E-state index contributed by atoms with van der Waals surface area (Å²) < 4.78 is 0. The minimum absolute atomic E-state index is 0.305. The van der Waals surface area contributed by atoms with Gasteiger partial charge in [-0.1, -0.05) is 6.92 Å². The van der Waals surface area contributed by atoms with E-state index in [9.17, 15) is 4.79 Å². The van der Waals surface area contributed by atoms with Gasteiger partial charge in [-0.15, -0.1) is 0 Å². The van der Waals surface area contributed by atoms with E-state index in [1.807, 2.05) is 0 Å². The summed E-state index contributed by atoms with van der Waals surface area (Å²) in [5.74, 6) is 0. The minimum Gasteiger partial charge on any atom is -0.325 e. The zero-order valence-electron chi connectivity index (χ0n) is 9.74. The van der Waals surface area contributed by atoms with E-state index in [4.69, 9.17) is 0 Å². The lowest BCUT2D eigenvalue weighted by molar-refractivity contribution is 0.140. The van der Waals surface area contributed by atoms with Crippen LogP contribution in [-0.2, 0) is 0 Å². The van der Waals surface area contributed by atoms with Gasteiger partial charge in [-0.05, 0) is 38.5 Å². The number of amides is 2. The minimum atomic E-state index is 0.305. The molecule has 1 heterocycles. The van der Waals surface area contributed by atoms with E-state index < -0.39 is 0 Å². The molecule has 86 valence electrons. The highest BCUT2D eigenvalue weighted by atomic mass is 16.2. The molecule has 3 nitrogen and oxygen atoms in total. The van der Waals surface area contributed by atoms with Crippen LogP contribution in [0.25, 0.3) is 0 Å². The van der Waals surface area contributed by atoms with Crippen molar-refractivity contribution in [2.45, 2.75) is 51.5 Å². The van der Waals surface area contributed by atoms with Gasteiger partial charge in [-0.25, -0.2) is 4.79 Å². The van der Waals surface area contributed by atoms with E-state index in [0.29, 0.717) is 12.1 Å². The molecule has 0 aromatic rings. The standard InChI is InChI=1S/C12H22N2O/c1-2-8-14(11-6-7-11)12(15)13-9-4-3-5-10-13/h11H,2-10H2,1H3. The van der Waals surface area contributed by atoms with Crippen LogP contribution in [0.5, 0.6) is 0 Å². The molecule has 0 spiro atoms. The first kappa shape index (κ1) is 10.8. The molecule has 15 heavy (non-hydrogen) atoms. The number of likely N-dealkylation sites (tertiary alicyclic amines) is 1. The summed E-state index contributed by atoms with van der Waals surface area (Å²) in [5, 5.41) is 0. The number of hydrogen-bond donors (Lipinski definition) is 0. The highest BCUT2D eigenvalue weighted by Crippen LogP contribution is 2.28. The lowest BCUT2D eigenvalue weighted by atomic mass is 10.1. The Morgan fingerprint density at radius 3 is 2.47 bits per heavy atom. The molecule has 0 atom stereocenters. The van der Waals surface area contributed by atoms with Crippen molar-refractivity contribution in [2.75, 3.05) is 19.6 Å². The molecule has 0 bridgehead atoms. The molecular weight excluding hydrogens is 188 g/mol. The summed E-state index contributed by atoms with van der Waals surface area (Å²) in [6, 6.07) is 0.874. The average molecular weight is 210 g/mol. The predicted molar refractivity (Wildman–Crippen MR) is 60.8 cm³/mol. The number of hydrogen-bond acceptors (Lipinski definition) is 1. The third kappa shape index (κ3) is 2.64. The van der Waals surface area contributed by atoms with E-state index >= 15 is 0 Å². The predicted octanol–water partition coefficient (Wildman–Crippen LogP) is 2.47. The molecule has 0 radical (unpaired) electrons. The number of carbonyl (C=O) groups excluding carboxylic acids is 1. The van der Waals surface area contributed by atoms with Crippen LogP contribution in [0, 0.1) is 0 Å². The van der Waals surface area contributed by atoms with Crippen molar-refractivity contribution in [3.63, 3.8) is 0 Å². The van der Waals surface area contributed by atoms with Gasteiger partial charge in [-0.3, -0.25) is 0 Å². The Balaban J connectivity index is 1.90. The molecule has 0 unspecified atom stereocenters. The summed E-state index contributed by atoms with van der Waals surface area (Å²) >= 11 is 0. The Hall–Kier alpha value is -0.730. The van der Waals surface area contributed by atoms with Crippen LogP contribution in [0.2, 0.25) is 0 Å². The van der Waals surface area contributed by atoms with Crippen molar-refractivity contribution in [3.8, 4) is 0 Å². The SMILES string of the molecule is CCCN(C(=O)N1CCCCC1)C1CC1. The fraction of sp³-hybridized carbons (Fsp3) is 0.917. The first-order valence-electron chi connectivity index (χ1n) is 6.38. The summed E-state index contributed by atoms with van der Waals surface area (Å²) in [6.07, 6.45) is 7.20. The van der Waals surface area contributed by atoms with E-state index in [0.717, 1.165) is 26.1 Å². The third-order valence-corrected chi connectivity index (χ3v) is 3.32. The van der Waals surface area contributed by atoms with Crippen LogP contribution in [0.3, 0.4) is 0 Å². The molecule has 1 aliphatic heterocycles. The average Bonchev–Trinajstić information content (AvgIpc) is 3.10. The second-order valence-corrected chi connectivity index (χ2v) is 4.75. The Bertz CT molecular complexity index is 220. The van der Waals surface area contributed by atoms with Gasteiger partial charge < -0.3 is 9.80 Å². The van der Waals surface area contributed by atoms with Gasteiger partial charge in [-0.2, -0.15) is 0 Å². The summed E-state index contributed by atoms with van der Waals surface area (Å²) in [4.78, 5) is 16.4. The molecule has 3 heteroatoms. The van der Waals surface area contributed by atoms with Crippen molar-refractivity contribution >= 4 is 6.03 Å². The zero-order chi connectivity index (χ0) is 10.7. The third-order valence-electron chi connectivity index (χ3n) is 3.32. The van der Waals surface area contributed by atoms with Gasteiger partial charge in [0.05, 0.1) is 0 Å². The molecule has 2 fully saturated rings. The summed E-state index contributed by atoms with van der Waals surface area (Å²) in [6.45, 7) is 5.05. The van der Waals surface area contributed by atoms with Crippen molar-refractivity contribution in [3.05, 3.63) is 0 Å². The number of nitrogens with zero attached hydrogens (tertiary/aromatic N) is 2. The van der Waals surface area contributed by atoms with Crippen LogP contribution in [-0.4, -0.2) is 41.5 Å². The van der Waals surface area contributed by atoms with E-state index in [-0.39, 0.29) is 0 Å². The second-order valence-electron chi connectivity index (χ2n) is 4.75. The lowest BCUT2D eigenvalue weighted by Gasteiger charge is -2.33. The number of carbonyl (C=O) groups is 1. The molecular formula is C12H22N2O. The molecule has 0 aromatic carbocycles. The van der Waals surface area contributed by atoms with Crippen molar-refractivity contribution < 1.29 is 4.79 Å². The lowest BCUT2D eigenvalue weighted by Crippen LogP contribution is -2.46. The number of rotatable bonds is 3. The molecule has 2 amide bonds. The van der Waals surface area contributed by atoms with E-state index in [1.54, 1.807) is 0 Å². The first-order valence-corrected chi connectivity index (χ1v) is 6.38. The van der Waals surface area contributed by atoms with Gasteiger partial charge >= 0.3 is 6.03 Å². The maximum atomic E-state index is 12.2. The second kappa shape index (κ2) is 4.86. The van der Waals surface area contributed by atoms with Crippen LogP contribution in [0.15, 0.2) is 0 Å². The van der Waals surface area contributed by atoms with Crippen LogP contribution in [0.1, 0.15) is 45.4 Å². The van der Waals surface area contributed by atoms with Gasteiger partial charge in [0.25, 0.3) is 0 Å². The number of urea groups is 1. The fourth-order valence-electron chi connectivity index (χ4n) is 2.33. The molecule has 0 aromatic heterocycles. The smallest absolute Gasteiger partial charge is 0.320 e. The molecule has 2 aliphatic rings. The Morgan fingerprint density at radius 1 is 1.27 bits per heavy atom. The molecule has 1 saturated carbocycles. The van der Waals surface area contributed by atoms with Gasteiger partial charge in [0.2, 0.25) is 0 Å².